The minimum Gasteiger partial charge on any atom is -0.346 e. The van der Waals surface area contributed by atoms with Crippen LogP contribution in [0.25, 0.3) is 0 Å². The Hall–Kier alpha value is -0.570. The monoisotopic (exact) mass is 256 g/mol. The first-order valence-electron chi connectivity index (χ1n) is 7.52. The van der Waals surface area contributed by atoms with Crippen molar-refractivity contribution < 1.29 is 4.79 Å². The van der Waals surface area contributed by atoms with E-state index in [9.17, 15) is 4.79 Å². The molecule has 0 spiro atoms. The van der Waals surface area contributed by atoms with Crippen LogP contribution in [0.5, 0.6) is 0 Å². The lowest BCUT2D eigenvalue weighted by Gasteiger charge is -2.15. The third-order valence-corrected chi connectivity index (χ3v) is 3.21. The second-order valence-corrected chi connectivity index (χ2v) is 5.52. The molecule has 0 aromatic rings. The lowest BCUT2D eigenvalue weighted by molar-refractivity contribution is -0.129. The molecule has 0 unspecified atom stereocenters. The average Bonchev–Trinajstić information content (AvgIpc) is 2.35. The standard InChI is InChI=1S/C15H32N2O/c1-5-15(18)17(4)13-8-6-7-11-16-12-9-10-14(2)3/h14,16H,5-13H2,1-4H3. The van der Waals surface area contributed by atoms with Crippen molar-refractivity contribution in [3.05, 3.63) is 0 Å². The minimum absolute atomic E-state index is 0.252. The molecular weight excluding hydrogens is 224 g/mol. The van der Waals surface area contributed by atoms with Crippen molar-refractivity contribution in [1.82, 2.24) is 10.2 Å². The number of hydrogen-bond acceptors (Lipinski definition) is 2. The van der Waals surface area contributed by atoms with Gasteiger partial charge in [-0.3, -0.25) is 4.79 Å². The molecule has 3 heteroatoms. The highest BCUT2D eigenvalue weighted by molar-refractivity contribution is 5.75. The topological polar surface area (TPSA) is 32.3 Å². The lowest BCUT2D eigenvalue weighted by atomic mass is 10.1. The van der Waals surface area contributed by atoms with E-state index >= 15 is 0 Å². The van der Waals surface area contributed by atoms with Crippen LogP contribution in [0.2, 0.25) is 0 Å². The van der Waals surface area contributed by atoms with Crippen molar-refractivity contribution in [2.24, 2.45) is 5.92 Å². The van der Waals surface area contributed by atoms with Crippen molar-refractivity contribution in [2.45, 2.75) is 59.3 Å². The number of hydrogen-bond donors (Lipinski definition) is 1. The van der Waals surface area contributed by atoms with Crippen LogP contribution in [-0.2, 0) is 4.79 Å². The summed E-state index contributed by atoms with van der Waals surface area (Å²) in [6.45, 7) is 9.62. The fraction of sp³-hybridized carbons (Fsp3) is 0.933. The Labute approximate surface area is 113 Å². The van der Waals surface area contributed by atoms with E-state index in [1.165, 1.54) is 25.7 Å². The van der Waals surface area contributed by atoms with Gasteiger partial charge in [0, 0.05) is 20.0 Å². The first-order valence-corrected chi connectivity index (χ1v) is 7.52. The van der Waals surface area contributed by atoms with Gasteiger partial charge in [-0.25, -0.2) is 0 Å². The van der Waals surface area contributed by atoms with Crippen molar-refractivity contribution in [3.8, 4) is 0 Å². The highest BCUT2D eigenvalue weighted by Gasteiger charge is 2.04. The van der Waals surface area contributed by atoms with Crippen LogP contribution in [0.3, 0.4) is 0 Å². The molecule has 0 aliphatic heterocycles. The summed E-state index contributed by atoms with van der Waals surface area (Å²) >= 11 is 0. The Morgan fingerprint density at radius 1 is 1.11 bits per heavy atom. The lowest BCUT2D eigenvalue weighted by Crippen LogP contribution is -2.26. The van der Waals surface area contributed by atoms with Crippen LogP contribution in [0.15, 0.2) is 0 Å². The Kier molecular flexibility index (Phi) is 11.2. The zero-order chi connectivity index (χ0) is 13.8. The number of nitrogens with zero attached hydrogens (tertiary/aromatic N) is 1. The summed E-state index contributed by atoms with van der Waals surface area (Å²) in [5, 5.41) is 3.48. The van der Waals surface area contributed by atoms with Gasteiger partial charge in [0.15, 0.2) is 0 Å². The first-order chi connectivity index (χ1) is 8.57. The van der Waals surface area contributed by atoms with Gasteiger partial charge in [0.25, 0.3) is 0 Å². The van der Waals surface area contributed by atoms with Crippen molar-refractivity contribution in [2.75, 3.05) is 26.7 Å². The number of nitrogens with one attached hydrogen (secondary N) is 1. The number of carbonyl (C=O) groups excluding carboxylic acids is 1. The van der Waals surface area contributed by atoms with Crippen LogP contribution in [0.4, 0.5) is 0 Å². The van der Waals surface area contributed by atoms with Crippen molar-refractivity contribution >= 4 is 5.91 Å². The predicted molar refractivity (Wildman–Crippen MR) is 78.7 cm³/mol. The summed E-state index contributed by atoms with van der Waals surface area (Å²) in [6.07, 6.45) is 6.76. The molecule has 1 amide bonds. The molecular formula is C15H32N2O. The minimum atomic E-state index is 0.252. The molecule has 0 bridgehead atoms. The number of carbonyl (C=O) groups is 1. The van der Waals surface area contributed by atoms with Gasteiger partial charge in [-0.05, 0) is 44.7 Å². The van der Waals surface area contributed by atoms with E-state index in [1.54, 1.807) is 0 Å². The summed E-state index contributed by atoms with van der Waals surface area (Å²) in [6, 6.07) is 0. The van der Waals surface area contributed by atoms with Gasteiger partial charge in [-0.15, -0.1) is 0 Å². The Morgan fingerprint density at radius 2 is 1.78 bits per heavy atom. The van der Waals surface area contributed by atoms with Gasteiger partial charge in [-0.2, -0.15) is 0 Å². The molecule has 0 aromatic heterocycles. The zero-order valence-electron chi connectivity index (χ0n) is 12.8. The molecule has 1 N–H and O–H groups in total. The quantitative estimate of drug-likeness (QED) is 0.576. The summed E-state index contributed by atoms with van der Waals surface area (Å²) in [5.74, 6) is 1.07. The van der Waals surface area contributed by atoms with E-state index in [1.807, 2.05) is 18.9 Å². The third-order valence-electron chi connectivity index (χ3n) is 3.21. The molecule has 0 fully saturated rings. The van der Waals surface area contributed by atoms with E-state index < -0.39 is 0 Å². The van der Waals surface area contributed by atoms with E-state index in [4.69, 9.17) is 0 Å². The molecule has 0 aliphatic carbocycles. The van der Waals surface area contributed by atoms with Gasteiger partial charge in [-0.1, -0.05) is 27.2 Å². The summed E-state index contributed by atoms with van der Waals surface area (Å²) in [4.78, 5) is 13.2. The summed E-state index contributed by atoms with van der Waals surface area (Å²) in [7, 11) is 1.90. The molecule has 0 rings (SSSR count). The molecule has 0 saturated carbocycles. The Morgan fingerprint density at radius 3 is 2.39 bits per heavy atom. The summed E-state index contributed by atoms with van der Waals surface area (Å²) < 4.78 is 0. The fourth-order valence-corrected chi connectivity index (χ4v) is 1.93. The van der Waals surface area contributed by atoms with Gasteiger partial charge >= 0.3 is 0 Å². The molecule has 0 radical (unpaired) electrons. The maximum absolute atomic E-state index is 11.3. The maximum Gasteiger partial charge on any atom is 0.222 e. The number of unbranched alkanes of at least 4 members (excludes halogenated alkanes) is 2. The molecule has 0 heterocycles. The van der Waals surface area contributed by atoms with Gasteiger partial charge in [0.2, 0.25) is 5.91 Å². The molecule has 0 aliphatic rings. The van der Waals surface area contributed by atoms with E-state index in [-0.39, 0.29) is 5.91 Å². The van der Waals surface area contributed by atoms with Crippen molar-refractivity contribution in [1.29, 1.82) is 0 Å². The number of rotatable bonds is 11. The SMILES string of the molecule is CCC(=O)N(C)CCCCCNCCCC(C)C. The van der Waals surface area contributed by atoms with E-state index in [0.717, 1.165) is 32.0 Å². The molecule has 18 heavy (non-hydrogen) atoms. The van der Waals surface area contributed by atoms with Gasteiger partial charge < -0.3 is 10.2 Å². The average molecular weight is 256 g/mol. The maximum atomic E-state index is 11.3. The summed E-state index contributed by atoms with van der Waals surface area (Å²) in [5.41, 5.74) is 0. The Bertz CT molecular complexity index is 205. The van der Waals surface area contributed by atoms with Crippen LogP contribution >= 0.6 is 0 Å². The van der Waals surface area contributed by atoms with E-state index in [0.29, 0.717) is 6.42 Å². The molecule has 0 aromatic carbocycles. The number of amides is 1. The fourth-order valence-electron chi connectivity index (χ4n) is 1.93. The van der Waals surface area contributed by atoms with Gasteiger partial charge in [0.05, 0.1) is 0 Å². The molecule has 108 valence electrons. The largest absolute Gasteiger partial charge is 0.346 e. The molecule has 3 nitrogen and oxygen atoms in total. The third kappa shape index (κ3) is 10.6. The normalized spacial score (nSPS) is 10.9. The molecule has 0 saturated heterocycles. The second-order valence-electron chi connectivity index (χ2n) is 5.52. The van der Waals surface area contributed by atoms with Crippen LogP contribution in [-0.4, -0.2) is 37.5 Å². The van der Waals surface area contributed by atoms with Crippen LogP contribution < -0.4 is 5.32 Å². The Balaban J connectivity index is 3.19. The predicted octanol–water partition coefficient (Wildman–Crippen LogP) is 3.05. The highest BCUT2D eigenvalue weighted by atomic mass is 16.2. The van der Waals surface area contributed by atoms with E-state index in [2.05, 4.69) is 19.2 Å². The first kappa shape index (κ1) is 17.4. The zero-order valence-corrected chi connectivity index (χ0v) is 12.8. The van der Waals surface area contributed by atoms with Crippen molar-refractivity contribution in [3.63, 3.8) is 0 Å². The second kappa shape index (κ2) is 11.5. The smallest absolute Gasteiger partial charge is 0.222 e. The van der Waals surface area contributed by atoms with Gasteiger partial charge in [0.1, 0.15) is 0 Å². The highest BCUT2D eigenvalue weighted by Crippen LogP contribution is 2.02. The van der Waals surface area contributed by atoms with Crippen LogP contribution in [0, 0.1) is 5.92 Å². The van der Waals surface area contributed by atoms with Crippen LogP contribution in [0.1, 0.15) is 59.3 Å². The molecule has 0 atom stereocenters.